The topological polar surface area (TPSA) is 43.1 Å². The zero-order valence-corrected chi connectivity index (χ0v) is 11.4. The van der Waals surface area contributed by atoms with Crippen LogP contribution in [-0.2, 0) is 6.32 Å². The minimum absolute atomic E-state index is 0. The third-order valence-electron chi connectivity index (χ3n) is 1.69. The van der Waals surface area contributed by atoms with Gasteiger partial charge in [0, 0.05) is 11.6 Å². The van der Waals surface area contributed by atoms with Crippen molar-refractivity contribution in [1.82, 2.24) is 0 Å². The molecule has 0 saturated carbocycles. The second-order valence-corrected chi connectivity index (χ2v) is 2.94. The zero-order chi connectivity index (χ0) is 11.6. The number of hydrogen-bond acceptors (Lipinski definition) is 2. The van der Waals surface area contributed by atoms with Crippen LogP contribution < -0.4 is 51.4 Å². The summed E-state index contributed by atoms with van der Waals surface area (Å²) >= 11 is 0. The van der Waals surface area contributed by atoms with Gasteiger partial charge in [0.25, 0.3) is 5.69 Å². The van der Waals surface area contributed by atoms with Crippen LogP contribution in [0.25, 0.3) is 0 Å². The van der Waals surface area contributed by atoms with Crippen molar-refractivity contribution in [2.45, 2.75) is 6.32 Å². The number of nitro groups is 1. The maximum atomic E-state index is 12.6. The Morgan fingerprint density at radius 3 is 2.31 bits per heavy atom. The monoisotopic (exact) mass is 261 g/mol. The Morgan fingerprint density at radius 2 is 1.88 bits per heavy atom. The molecule has 0 radical (unpaired) electrons. The van der Waals surface area contributed by atoms with E-state index in [2.05, 4.69) is 0 Å². The molecule has 3 nitrogen and oxygen atoms in total. The van der Waals surface area contributed by atoms with Gasteiger partial charge < -0.3 is 12.9 Å². The quantitative estimate of drug-likeness (QED) is 0.323. The van der Waals surface area contributed by atoms with Crippen LogP contribution >= 0.6 is 0 Å². The van der Waals surface area contributed by atoms with Crippen LogP contribution in [0.15, 0.2) is 18.2 Å². The van der Waals surface area contributed by atoms with Crippen molar-refractivity contribution in [3.8, 4) is 0 Å². The Hall–Kier alpha value is 0.0413. The van der Waals surface area contributed by atoms with E-state index in [0.717, 1.165) is 12.1 Å². The first-order valence-corrected chi connectivity index (χ1v) is 3.93. The molecule has 0 saturated heterocycles. The molecule has 0 bridgehead atoms. The summed E-state index contributed by atoms with van der Waals surface area (Å²) in [5.41, 5.74) is -1.36. The van der Waals surface area contributed by atoms with Gasteiger partial charge in [0.15, 0.2) is 0 Å². The number of nitro benzene ring substituents is 1. The second kappa shape index (κ2) is 6.10. The third kappa shape index (κ3) is 4.92. The van der Waals surface area contributed by atoms with Gasteiger partial charge in [0.05, 0.1) is 4.92 Å². The molecular formula is C7H5BF4KNO2. The second-order valence-electron chi connectivity index (χ2n) is 2.94. The number of hydrogen-bond donors (Lipinski definition) is 0. The summed E-state index contributed by atoms with van der Waals surface area (Å²) in [6.07, 6.45) is -1.45. The number of nitrogens with zero attached hydrogens (tertiary/aromatic N) is 1. The van der Waals surface area contributed by atoms with E-state index in [-0.39, 0.29) is 51.4 Å². The van der Waals surface area contributed by atoms with E-state index in [1.54, 1.807) is 0 Å². The molecule has 0 aliphatic rings. The zero-order valence-electron chi connectivity index (χ0n) is 8.29. The minimum atomic E-state index is -5.22. The minimum Gasteiger partial charge on any atom is -0.449 e. The van der Waals surface area contributed by atoms with Gasteiger partial charge in [-0.2, -0.15) is 0 Å². The van der Waals surface area contributed by atoms with E-state index < -0.39 is 35.3 Å². The van der Waals surface area contributed by atoms with E-state index in [9.17, 15) is 27.5 Å². The number of benzene rings is 1. The van der Waals surface area contributed by atoms with E-state index in [1.165, 1.54) is 0 Å². The summed E-state index contributed by atoms with van der Waals surface area (Å²) in [6.45, 7) is -5.22. The smallest absolute Gasteiger partial charge is 0.449 e. The molecule has 0 amide bonds. The average Bonchev–Trinajstić information content (AvgIpc) is 1.99. The first-order valence-electron chi connectivity index (χ1n) is 3.93. The summed E-state index contributed by atoms with van der Waals surface area (Å²) in [5.74, 6) is -0.921. The Kier molecular flexibility index (Phi) is 6.12. The predicted octanol–water partition coefficient (Wildman–Crippen LogP) is -0.333. The molecule has 9 heteroatoms. The number of halogens is 4. The molecule has 0 heterocycles. The van der Waals surface area contributed by atoms with Crippen molar-refractivity contribution in [1.29, 1.82) is 0 Å². The molecule has 0 fully saturated rings. The van der Waals surface area contributed by atoms with E-state index in [4.69, 9.17) is 0 Å². The first-order chi connectivity index (χ1) is 6.79. The van der Waals surface area contributed by atoms with Crippen LogP contribution in [-0.4, -0.2) is 11.9 Å². The van der Waals surface area contributed by atoms with E-state index in [0.29, 0.717) is 6.07 Å². The Labute approximate surface area is 131 Å². The summed E-state index contributed by atoms with van der Waals surface area (Å²) in [4.78, 5) is 9.38. The Morgan fingerprint density at radius 1 is 1.31 bits per heavy atom. The van der Waals surface area contributed by atoms with Gasteiger partial charge in [-0.05, 0) is 12.1 Å². The van der Waals surface area contributed by atoms with Crippen LogP contribution in [0.4, 0.5) is 23.0 Å². The molecule has 82 valence electrons. The molecule has 0 aliphatic heterocycles. The fourth-order valence-corrected chi connectivity index (χ4v) is 1.15. The Bertz CT molecular complexity index is 398. The van der Waals surface area contributed by atoms with Gasteiger partial charge in [-0.3, -0.25) is 10.1 Å². The van der Waals surface area contributed by atoms with Crippen LogP contribution in [0.2, 0.25) is 0 Å². The van der Waals surface area contributed by atoms with Crippen LogP contribution in [0, 0.1) is 15.9 Å². The van der Waals surface area contributed by atoms with Crippen molar-refractivity contribution in [3.05, 3.63) is 39.7 Å². The molecule has 0 atom stereocenters. The van der Waals surface area contributed by atoms with Crippen molar-refractivity contribution >= 4 is 12.7 Å². The average molecular weight is 261 g/mol. The van der Waals surface area contributed by atoms with Gasteiger partial charge in [-0.15, -0.1) is 0 Å². The third-order valence-corrected chi connectivity index (χ3v) is 1.69. The molecule has 0 aliphatic carbocycles. The molecule has 0 unspecified atom stereocenters. The molecule has 1 aromatic carbocycles. The van der Waals surface area contributed by atoms with Crippen molar-refractivity contribution in [3.63, 3.8) is 0 Å². The molecule has 0 aromatic heterocycles. The van der Waals surface area contributed by atoms with E-state index >= 15 is 0 Å². The maximum absolute atomic E-state index is 12.6. The fourth-order valence-electron chi connectivity index (χ4n) is 1.15. The van der Waals surface area contributed by atoms with Crippen molar-refractivity contribution < 1.29 is 73.6 Å². The van der Waals surface area contributed by atoms with Crippen molar-refractivity contribution in [2.24, 2.45) is 0 Å². The summed E-state index contributed by atoms with van der Waals surface area (Å²) in [5, 5.41) is 10.3. The standard InChI is InChI=1S/C7H5BF4NO2.K/c9-6-1-2-7(13(14)15)5(3-6)4-8(10,11)12;/h1-3H,4H2;/q-1;+1. The fraction of sp³-hybridized carbons (Fsp3) is 0.143. The SMILES string of the molecule is O=[N+]([O-])c1ccc(F)cc1C[B-](F)(F)F.[K+]. The molecule has 16 heavy (non-hydrogen) atoms. The summed E-state index contributed by atoms with van der Waals surface area (Å²) in [6, 6.07) is 2.02. The van der Waals surface area contributed by atoms with E-state index in [1.807, 2.05) is 0 Å². The largest absolute Gasteiger partial charge is 1.00 e. The van der Waals surface area contributed by atoms with Crippen LogP contribution in [0.1, 0.15) is 5.56 Å². The van der Waals surface area contributed by atoms with Gasteiger partial charge in [0.1, 0.15) is 5.82 Å². The summed E-state index contributed by atoms with van der Waals surface area (Å²) < 4.78 is 48.7. The van der Waals surface area contributed by atoms with Gasteiger partial charge >= 0.3 is 58.4 Å². The van der Waals surface area contributed by atoms with Crippen molar-refractivity contribution in [2.75, 3.05) is 0 Å². The van der Waals surface area contributed by atoms with Crippen LogP contribution in [0.5, 0.6) is 0 Å². The molecule has 1 rings (SSSR count). The first kappa shape index (κ1) is 16.0. The maximum Gasteiger partial charge on any atom is 1.00 e. The van der Waals surface area contributed by atoms with Gasteiger partial charge in [-0.1, -0.05) is 6.32 Å². The Balaban J connectivity index is 0.00000225. The summed E-state index contributed by atoms with van der Waals surface area (Å²) in [7, 11) is 0. The normalized spacial score (nSPS) is 10.8. The molecule has 1 aromatic rings. The molecule has 0 N–H and O–H groups in total. The molecule has 0 spiro atoms. The molecular weight excluding hydrogens is 256 g/mol. The van der Waals surface area contributed by atoms with Gasteiger partial charge in [0.2, 0.25) is 0 Å². The van der Waals surface area contributed by atoms with Crippen LogP contribution in [0.3, 0.4) is 0 Å². The predicted molar refractivity (Wildman–Crippen MR) is 45.8 cm³/mol. The van der Waals surface area contributed by atoms with Gasteiger partial charge in [-0.25, -0.2) is 4.39 Å². The number of rotatable bonds is 3.